The van der Waals surface area contributed by atoms with Crippen molar-refractivity contribution in [1.29, 1.82) is 0 Å². The molecule has 0 spiro atoms. The summed E-state index contributed by atoms with van der Waals surface area (Å²) in [6.45, 7) is 4.34. The molecule has 0 amide bonds. The Kier molecular flexibility index (Phi) is 4.50. The largest absolute Gasteiger partial charge is 0.309 e. The van der Waals surface area contributed by atoms with Crippen LogP contribution in [0, 0.1) is 0 Å². The van der Waals surface area contributed by atoms with Gasteiger partial charge in [0.1, 0.15) is 0 Å². The van der Waals surface area contributed by atoms with Gasteiger partial charge in [-0.25, -0.2) is 0 Å². The minimum Gasteiger partial charge on any atom is -0.309 e. The second kappa shape index (κ2) is 6.56. The fourth-order valence-electron chi connectivity index (χ4n) is 2.79. The summed E-state index contributed by atoms with van der Waals surface area (Å²) in [5.41, 5.74) is 1.27. The summed E-state index contributed by atoms with van der Waals surface area (Å²) in [6, 6.07) is 27.8. The van der Waals surface area contributed by atoms with Crippen LogP contribution >= 0.6 is 7.14 Å². The van der Waals surface area contributed by atoms with Crippen molar-refractivity contribution >= 4 is 23.1 Å². The summed E-state index contributed by atoms with van der Waals surface area (Å²) in [6.07, 6.45) is 0. The first kappa shape index (κ1) is 15.8. The maximum atomic E-state index is 14.1. The summed E-state index contributed by atoms with van der Waals surface area (Å²) in [5.74, 6) is 0.469. The summed E-state index contributed by atoms with van der Waals surface area (Å²) >= 11 is 0. The van der Waals surface area contributed by atoms with E-state index in [0.717, 1.165) is 15.9 Å². The highest BCUT2D eigenvalue weighted by Gasteiger charge is 2.29. The highest BCUT2D eigenvalue weighted by molar-refractivity contribution is 7.85. The van der Waals surface area contributed by atoms with Gasteiger partial charge in [0, 0.05) is 15.9 Å². The standard InChI is InChI=1S/C21H21OP/c1-17(2)18-13-15-21(16-14-18)23(22,19-9-5-3-6-10-19)20-11-7-4-8-12-20/h3-17H,1-2H3. The average molecular weight is 320 g/mol. The van der Waals surface area contributed by atoms with Gasteiger partial charge in [0.2, 0.25) is 0 Å². The first-order valence-corrected chi connectivity index (χ1v) is 9.65. The molecule has 0 saturated carbocycles. The Labute approximate surface area is 138 Å². The molecule has 0 unspecified atom stereocenters. The van der Waals surface area contributed by atoms with Gasteiger partial charge in [-0.2, -0.15) is 0 Å². The van der Waals surface area contributed by atoms with E-state index in [-0.39, 0.29) is 0 Å². The molecule has 3 aromatic rings. The van der Waals surface area contributed by atoms with Crippen LogP contribution in [-0.4, -0.2) is 0 Å². The number of benzene rings is 3. The molecule has 23 heavy (non-hydrogen) atoms. The molecule has 0 fully saturated rings. The lowest BCUT2D eigenvalue weighted by Crippen LogP contribution is -2.24. The van der Waals surface area contributed by atoms with Gasteiger partial charge in [-0.15, -0.1) is 0 Å². The molecular formula is C21H21OP. The number of hydrogen-bond acceptors (Lipinski definition) is 1. The summed E-state index contributed by atoms with van der Waals surface area (Å²) in [7, 11) is -2.83. The van der Waals surface area contributed by atoms with Crippen LogP contribution < -0.4 is 15.9 Å². The van der Waals surface area contributed by atoms with Crippen LogP contribution in [-0.2, 0) is 4.57 Å². The molecule has 0 aliphatic heterocycles. The van der Waals surface area contributed by atoms with E-state index >= 15 is 0 Å². The Morgan fingerprint density at radius 2 is 1.00 bits per heavy atom. The van der Waals surface area contributed by atoms with E-state index in [4.69, 9.17) is 0 Å². The van der Waals surface area contributed by atoms with Crippen LogP contribution in [0.1, 0.15) is 25.3 Å². The van der Waals surface area contributed by atoms with E-state index in [0.29, 0.717) is 5.92 Å². The van der Waals surface area contributed by atoms with Crippen molar-refractivity contribution in [3.63, 3.8) is 0 Å². The predicted octanol–water partition coefficient (Wildman–Crippen LogP) is 4.45. The molecule has 0 radical (unpaired) electrons. The van der Waals surface area contributed by atoms with Crippen LogP contribution in [0.2, 0.25) is 0 Å². The van der Waals surface area contributed by atoms with Gasteiger partial charge < -0.3 is 4.57 Å². The van der Waals surface area contributed by atoms with Crippen LogP contribution in [0.4, 0.5) is 0 Å². The molecule has 0 atom stereocenters. The van der Waals surface area contributed by atoms with Crippen molar-refractivity contribution in [3.05, 3.63) is 90.5 Å². The number of hydrogen-bond donors (Lipinski definition) is 0. The predicted molar refractivity (Wildman–Crippen MR) is 99.9 cm³/mol. The van der Waals surface area contributed by atoms with Crippen LogP contribution in [0.5, 0.6) is 0 Å². The minimum absolute atomic E-state index is 0.469. The van der Waals surface area contributed by atoms with Crippen molar-refractivity contribution in [1.82, 2.24) is 0 Å². The lowest BCUT2D eigenvalue weighted by atomic mass is 10.0. The summed E-state index contributed by atoms with van der Waals surface area (Å²) in [5, 5.41) is 2.64. The lowest BCUT2D eigenvalue weighted by molar-refractivity contribution is 0.592. The molecule has 0 aromatic heterocycles. The highest BCUT2D eigenvalue weighted by Crippen LogP contribution is 2.42. The van der Waals surface area contributed by atoms with Gasteiger partial charge in [-0.05, 0) is 11.5 Å². The fourth-order valence-corrected chi connectivity index (χ4v) is 5.44. The molecule has 0 N–H and O–H groups in total. The Bertz CT molecular complexity index is 762. The second-order valence-electron chi connectivity index (χ2n) is 6.03. The lowest BCUT2D eigenvalue weighted by Gasteiger charge is -2.20. The van der Waals surface area contributed by atoms with Crippen LogP contribution in [0.25, 0.3) is 0 Å². The second-order valence-corrected chi connectivity index (χ2v) is 8.79. The average Bonchev–Trinajstić information content (AvgIpc) is 2.62. The molecule has 0 heterocycles. The molecule has 0 bridgehead atoms. The van der Waals surface area contributed by atoms with Crippen molar-refractivity contribution in [3.8, 4) is 0 Å². The third kappa shape index (κ3) is 3.02. The highest BCUT2D eigenvalue weighted by atomic mass is 31.2. The third-order valence-electron chi connectivity index (χ3n) is 4.16. The molecule has 0 saturated heterocycles. The Hall–Kier alpha value is -2.11. The molecule has 116 valence electrons. The first-order chi connectivity index (χ1) is 11.1. The normalized spacial score (nSPS) is 11.6. The van der Waals surface area contributed by atoms with E-state index in [9.17, 15) is 4.57 Å². The zero-order valence-electron chi connectivity index (χ0n) is 13.5. The van der Waals surface area contributed by atoms with Gasteiger partial charge in [-0.3, -0.25) is 0 Å². The van der Waals surface area contributed by atoms with E-state index < -0.39 is 7.14 Å². The third-order valence-corrected chi connectivity index (χ3v) is 7.24. The zero-order chi connectivity index (χ0) is 16.3. The SMILES string of the molecule is CC(C)c1ccc(P(=O)(c2ccccc2)c2ccccc2)cc1. The van der Waals surface area contributed by atoms with Gasteiger partial charge in [0.15, 0.2) is 7.14 Å². The van der Waals surface area contributed by atoms with Crippen molar-refractivity contribution in [2.45, 2.75) is 19.8 Å². The first-order valence-electron chi connectivity index (χ1n) is 7.94. The monoisotopic (exact) mass is 320 g/mol. The summed E-state index contributed by atoms with van der Waals surface area (Å²) in [4.78, 5) is 0. The Balaban J connectivity index is 2.19. The van der Waals surface area contributed by atoms with Gasteiger partial charge in [0.25, 0.3) is 0 Å². The van der Waals surface area contributed by atoms with Gasteiger partial charge in [-0.1, -0.05) is 98.8 Å². The van der Waals surface area contributed by atoms with E-state index in [2.05, 4.69) is 26.0 Å². The van der Waals surface area contributed by atoms with Crippen molar-refractivity contribution in [2.24, 2.45) is 0 Å². The minimum atomic E-state index is -2.83. The molecule has 3 aromatic carbocycles. The topological polar surface area (TPSA) is 17.1 Å². The quantitative estimate of drug-likeness (QED) is 0.649. The van der Waals surface area contributed by atoms with E-state index in [1.165, 1.54) is 5.56 Å². The molecule has 0 aliphatic rings. The molecular weight excluding hydrogens is 299 g/mol. The van der Waals surface area contributed by atoms with E-state index in [1.54, 1.807) is 0 Å². The fraction of sp³-hybridized carbons (Fsp3) is 0.143. The Morgan fingerprint density at radius 3 is 1.39 bits per heavy atom. The maximum Gasteiger partial charge on any atom is 0.171 e. The van der Waals surface area contributed by atoms with E-state index in [1.807, 2.05) is 72.8 Å². The molecule has 0 aliphatic carbocycles. The Morgan fingerprint density at radius 1 is 0.609 bits per heavy atom. The van der Waals surface area contributed by atoms with Gasteiger partial charge >= 0.3 is 0 Å². The number of rotatable bonds is 4. The van der Waals surface area contributed by atoms with Crippen molar-refractivity contribution < 1.29 is 4.57 Å². The van der Waals surface area contributed by atoms with Crippen LogP contribution in [0.15, 0.2) is 84.9 Å². The zero-order valence-corrected chi connectivity index (χ0v) is 14.4. The smallest absolute Gasteiger partial charge is 0.171 e. The van der Waals surface area contributed by atoms with Crippen LogP contribution in [0.3, 0.4) is 0 Å². The van der Waals surface area contributed by atoms with Gasteiger partial charge in [0.05, 0.1) is 0 Å². The van der Waals surface area contributed by atoms with Crippen molar-refractivity contribution in [2.75, 3.05) is 0 Å². The molecule has 2 heteroatoms. The summed E-state index contributed by atoms with van der Waals surface area (Å²) < 4.78 is 14.1. The molecule has 1 nitrogen and oxygen atoms in total. The molecule has 3 rings (SSSR count). The maximum absolute atomic E-state index is 14.1.